The lowest BCUT2D eigenvalue weighted by Crippen LogP contribution is -2.43. The second kappa shape index (κ2) is 11.6. The number of ether oxygens (including phenoxy) is 2. The number of aryl methyl sites for hydroxylation is 1. The molecule has 0 bridgehead atoms. The van der Waals surface area contributed by atoms with Gasteiger partial charge in [0.1, 0.15) is 19.3 Å². The Morgan fingerprint density at radius 1 is 0.973 bits per heavy atom. The van der Waals surface area contributed by atoms with Gasteiger partial charge in [-0.15, -0.1) is 0 Å². The van der Waals surface area contributed by atoms with Crippen molar-refractivity contribution in [2.45, 2.75) is 24.8 Å². The average molecular weight is 500 g/mol. The number of hydrogen-bond acceptors (Lipinski definition) is 5. The maximum absolute atomic E-state index is 12.9. The van der Waals surface area contributed by atoms with Gasteiger partial charge in [0.05, 0.1) is 5.56 Å². The topological polar surface area (TPSA) is 93.1 Å². The highest BCUT2D eigenvalue weighted by Gasteiger charge is 2.31. The summed E-state index contributed by atoms with van der Waals surface area (Å²) in [5.74, 6) is -1.72. The zero-order valence-corrected chi connectivity index (χ0v) is 20.6. The molecule has 7 nitrogen and oxygen atoms in total. The number of hydrogen-bond donors (Lipinski definition) is 1. The van der Waals surface area contributed by atoms with Gasteiger partial charge in [-0.25, -0.2) is 14.4 Å². The number of rotatable bonds is 10. The molecule has 0 radical (unpaired) electrons. The summed E-state index contributed by atoms with van der Waals surface area (Å²) >= 11 is 0. The molecule has 0 saturated heterocycles. The standard InChI is InChI=1S/C30H29NO6/c1-3-17-36-29(34)21-10-8-9-20(18-21)15-16-27(28(32)33)31(2)30(35)37-19-26-24-13-6-4-11-22(24)23-12-5-7-14-25(23)26/h3-14,18,26-27H,1,15-17,19H2,2H3,(H,32,33)/t27-/m0/s1. The molecule has 0 heterocycles. The van der Waals surface area contributed by atoms with Crippen LogP contribution in [-0.2, 0) is 20.7 Å². The number of amides is 1. The molecule has 0 aliphatic heterocycles. The minimum absolute atomic E-state index is 0.106. The molecule has 190 valence electrons. The molecule has 1 amide bonds. The van der Waals surface area contributed by atoms with Crippen LogP contribution < -0.4 is 0 Å². The van der Waals surface area contributed by atoms with E-state index in [4.69, 9.17) is 9.47 Å². The zero-order chi connectivity index (χ0) is 26.4. The Hall–Kier alpha value is -4.39. The maximum atomic E-state index is 12.9. The van der Waals surface area contributed by atoms with Gasteiger partial charge in [-0.05, 0) is 52.8 Å². The molecule has 1 N–H and O–H groups in total. The predicted molar refractivity (Wildman–Crippen MR) is 139 cm³/mol. The first-order chi connectivity index (χ1) is 17.9. The van der Waals surface area contributed by atoms with Gasteiger partial charge in [-0.3, -0.25) is 4.90 Å². The van der Waals surface area contributed by atoms with Crippen LogP contribution in [0.1, 0.15) is 39.4 Å². The minimum atomic E-state index is -1.13. The molecule has 0 spiro atoms. The smallest absolute Gasteiger partial charge is 0.410 e. The van der Waals surface area contributed by atoms with Crippen molar-refractivity contribution in [3.8, 4) is 11.1 Å². The first kappa shape index (κ1) is 25.7. The van der Waals surface area contributed by atoms with E-state index in [1.807, 2.05) is 36.4 Å². The van der Waals surface area contributed by atoms with Crippen LogP contribution in [-0.4, -0.2) is 54.3 Å². The van der Waals surface area contributed by atoms with Crippen LogP contribution >= 0.6 is 0 Å². The highest BCUT2D eigenvalue weighted by atomic mass is 16.6. The molecule has 0 unspecified atom stereocenters. The molecule has 0 fully saturated rings. The van der Waals surface area contributed by atoms with E-state index in [-0.39, 0.29) is 25.6 Å². The van der Waals surface area contributed by atoms with E-state index in [0.717, 1.165) is 32.7 Å². The summed E-state index contributed by atoms with van der Waals surface area (Å²) in [5.41, 5.74) is 5.54. The summed E-state index contributed by atoms with van der Waals surface area (Å²) in [5, 5.41) is 9.82. The average Bonchev–Trinajstić information content (AvgIpc) is 3.24. The van der Waals surface area contributed by atoms with Gasteiger partial charge in [0, 0.05) is 13.0 Å². The second-order valence-corrected chi connectivity index (χ2v) is 8.90. The molecular formula is C30H29NO6. The van der Waals surface area contributed by atoms with E-state index in [9.17, 15) is 19.5 Å². The van der Waals surface area contributed by atoms with Crippen LogP contribution in [0.2, 0.25) is 0 Å². The molecule has 4 rings (SSSR count). The number of carboxylic acids is 1. The van der Waals surface area contributed by atoms with Crippen molar-refractivity contribution >= 4 is 18.0 Å². The van der Waals surface area contributed by atoms with Gasteiger partial charge in [0.25, 0.3) is 0 Å². The number of benzene rings is 3. The Bertz CT molecular complexity index is 1270. The Labute approximate surface area is 215 Å². The van der Waals surface area contributed by atoms with E-state index >= 15 is 0 Å². The van der Waals surface area contributed by atoms with Gasteiger partial charge in [0.15, 0.2) is 0 Å². The predicted octanol–water partition coefficient (Wildman–Crippen LogP) is 5.30. The number of carbonyl (C=O) groups excluding carboxylic acids is 2. The van der Waals surface area contributed by atoms with Crippen LogP contribution in [0.15, 0.2) is 85.5 Å². The van der Waals surface area contributed by atoms with E-state index < -0.39 is 24.1 Å². The molecular weight excluding hydrogens is 470 g/mol. The summed E-state index contributed by atoms with van der Waals surface area (Å²) in [4.78, 5) is 38.1. The molecule has 3 aromatic rings. The third-order valence-corrected chi connectivity index (χ3v) is 6.58. The molecule has 0 aromatic heterocycles. The lowest BCUT2D eigenvalue weighted by Gasteiger charge is -2.25. The van der Waals surface area contributed by atoms with Crippen molar-refractivity contribution < 1.29 is 29.0 Å². The van der Waals surface area contributed by atoms with Crippen LogP contribution in [0.4, 0.5) is 4.79 Å². The van der Waals surface area contributed by atoms with Crippen molar-refractivity contribution in [2.24, 2.45) is 0 Å². The first-order valence-electron chi connectivity index (χ1n) is 12.1. The quantitative estimate of drug-likeness (QED) is 0.301. The van der Waals surface area contributed by atoms with E-state index in [1.54, 1.807) is 24.3 Å². The van der Waals surface area contributed by atoms with Crippen LogP contribution in [0.5, 0.6) is 0 Å². The van der Waals surface area contributed by atoms with Crippen molar-refractivity contribution in [3.05, 3.63) is 108 Å². The lowest BCUT2D eigenvalue weighted by molar-refractivity contribution is -0.142. The zero-order valence-electron chi connectivity index (χ0n) is 20.6. The third kappa shape index (κ3) is 5.72. The maximum Gasteiger partial charge on any atom is 0.410 e. The van der Waals surface area contributed by atoms with Crippen LogP contribution in [0.25, 0.3) is 11.1 Å². The molecule has 0 saturated carbocycles. The SMILES string of the molecule is C=CCOC(=O)c1cccc(CC[C@@H](C(=O)O)N(C)C(=O)OCC2c3ccccc3-c3ccccc32)c1. The third-order valence-electron chi connectivity index (χ3n) is 6.58. The van der Waals surface area contributed by atoms with E-state index in [0.29, 0.717) is 12.0 Å². The molecule has 37 heavy (non-hydrogen) atoms. The van der Waals surface area contributed by atoms with Gasteiger partial charge in [-0.2, -0.15) is 0 Å². The fraction of sp³-hybridized carbons (Fsp3) is 0.233. The first-order valence-corrected chi connectivity index (χ1v) is 12.1. The van der Waals surface area contributed by atoms with Gasteiger partial charge in [0.2, 0.25) is 0 Å². The van der Waals surface area contributed by atoms with Crippen LogP contribution in [0, 0.1) is 0 Å². The van der Waals surface area contributed by atoms with Gasteiger partial charge >= 0.3 is 18.0 Å². The fourth-order valence-electron chi connectivity index (χ4n) is 4.68. The largest absolute Gasteiger partial charge is 0.480 e. The number of fused-ring (bicyclic) bond motifs is 3. The van der Waals surface area contributed by atoms with E-state index in [2.05, 4.69) is 18.7 Å². The number of likely N-dealkylation sites (N-methyl/N-ethyl adjacent to an activating group) is 1. The summed E-state index contributed by atoms with van der Waals surface area (Å²) < 4.78 is 10.7. The molecule has 1 aliphatic rings. The Morgan fingerprint density at radius 3 is 2.24 bits per heavy atom. The highest BCUT2D eigenvalue weighted by Crippen LogP contribution is 2.44. The second-order valence-electron chi connectivity index (χ2n) is 8.90. The monoisotopic (exact) mass is 499 g/mol. The van der Waals surface area contributed by atoms with E-state index in [1.165, 1.54) is 13.1 Å². The van der Waals surface area contributed by atoms with Crippen molar-refractivity contribution in [1.82, 2.24) is 4.90 Å². The summed E-state index contributed by atoms with van der Waals surface area (Å²) in [6.07, 6.45) is 1.29. The minimum Gasteiger partial charge on any atom is -0.480 e. The van der Waals surface area contributed by atoms with Crippen molar-refractivity contribution in [1.29, 1.82) is 0 Å². The van der Waals surface area contributed by atoms with Crippen molar-refractivity contribution in [3.63, 3.8) is 0 Å². The normalized spacial score (nSPS) is 12.7. The van der Waals surface area contributed by atoms with Gasteiger partial charge < -0.3 is 14.6 Å². The molecule has 1 atom stereocenters. The number of carboxylic acid groups (broad SMARTS) is 1. The van der Waals surface area contributed by atoms with Gasteiger partial charge in [-0.1, -0.05) is 73.3 Å². The Balaban J connectivity index is 1.39. The highest BCUT2D eigenvalue weighted by molar-refractivity contribution is 5.89. The summed E-state index contributed by atoms with van der Waals surface area (Å²) in [6, 6.07) is 21.8. The van der Waals surface area contributed by atoms with Crippen LogP contribution in [0.3, 0.4) is 0 Å². The number of carbonyl (C=O) groups is 3. The van der Waals surface area contributed by atoms with Crippen molar-refractivity contribution in [2.75, 3.05) is 20.3 Å². The molecule has 7 heteroatoms. The Morgan fingerprint density at radius 2 is 1.62 bits per heavy atom. The summed E-state index contributed by atoms with van der Waals surface area (Å²) in [7, 11) is 1.43. The Kier molecular flexibility index (Phi) is 8.03. The number of nitrogens with zero attached hydrogens (tertiary/aromatic N) is 1. The number of aliphatic carboxylic acids is 1. The lowest BCUT2D eigenvalue weighted by atomic mass is 9.98. The molecule has 1 aliphatic carbocycles. The molecule has 3 aromatic carbocycles. The fourth-order valence-corrected chi connectivity index (χ4v) is 4.68. The number of esters is 1. The summed E-state index contributed by atoms with van der Waals surface area (Å²) in [6.45, 7) is 3.74.